The molecule has 0 aliphatic heterocycles. The molecule has 3 rings (SSSR count). The van der Waals surface area contributed by atoms with Gasteiger partial charge < -0.3 is 16.2 Å². The van der Waals surface area contributed by atoms with E-state index in [0.29, 0.717) is 0 Å². The van der Waals surface area contributed by atoms with Gasteiger partial charge in [-0.2, -0.15) is 0 Å². The van der Waals surface area contributed by atoms with Gasteiger partial charge in [0, 0.05) is 17.9 Å². The number of benzene rings is 3. The van der Waals surface area contributed by atoms with Crippen LogP contribution in [0, 0.1) is 16.2 Å². The van der Waals surface area contributed by atoms with Crippen LogP contribution in [0.1, 0.15) is 72.1 Å². The highest BCUT2D eigenvalue weighted by Gasteiger charge is 2.22. The SMILES string of the molecule is CC(C)(C)Cc1ccc(NCC(C)(C)Cc2ccc(O)cc2-c2cc(N)cc(CC(C)(C)C)c2)cc1. The van der Waals surface area contributed by atoms with E-state index >= 15 is 0 Å². The Hall–Kier alpha value is -2.94. The van der Waals surface area contributed by atoms with Gasteiger partial charge in [-0.25, -0.2) is 0 Å². The predicted octanol–water partition coefficient (Wildman–Crippen LogP) is 8.50. The minimum absolute atomic E-state index is 0.00433. The van der Waals surface area contributed by atoms with Gasteiger partial charge in [-0.05, 0) is 99.7 Å². The van der Waals surface area contributed by atoms with E-state index in [-0.39, 0.29) is 22.0 Å². The molecular formula is C33H46N2O. The lowest BCUT2D eigenvalue weighted by Crippen LogP contribution is -2.26. The second-order valence-corrected chi connectivity index (χ2v) is 13.7. The van der Waals surface area contributed by atoms with E-state index < -0.39 is 0 Å². The highest BCUT2D eigenvalue weighted by Crippen LogP contribution is 2.35. The van der Waals surface area contributed by atoms with Crippen molar-refractivity contribution in [3.05, 3.63) is 77.4 Å². The van der Waals surface area contributed by atoms with Crippen molar-refractivity contribution in [3.63, 3.8) is 0 Å². The molecule has 0 unspecified atom stereocenters. The van der Waals surface area contributed by atoms with E-state index in [4.69, 9.17) is 5.73 Å². The van der Waals surface area contributed by atoms with E-state index in [1.54, 1.807) is 6.07 Å². The average molecular weight is 487 g/mol. The van der Waals surface area contributed by atoms with Crippen LogP contribution in [0.15, 0.2) is 60.7 Å². The molecule has 0 heterocycles. The summed E-state index contributed by atoms with van der Waals surface area (Å²) in [5.41, 5.74) is 14.6. The van der Waals surface area contributed by atoms with Crippen molar-refractivity contribution in [2.45, 2.75) is 74.7 Å². The van der Waals surface area contributed by atoms with Gasteiger partial charge in [-0.3, -0.25) is 0 Å². The maximum absolute atomic E-state index is 10.3. The second-order valence-electron chi connectivity index (χ2n) is 13.7. The van der Waals surface area contributed by atoms with Gasteiger partial charge in [0.2, 0.25) is 0 Å². The van der Waals surface area contributed by atoms with Crippen molar-refractivity contribution in [1.29, 1.82) is 0 Å². The molecule has 3 heteroatoms. The Morgan fingerprint density at radius 2 is 1.31 bits per heavy atom. The van der Waals surface area contributed by atoms with Crippen LogP contribution in [0.3, 0.4) is 0 Å². The lowest BCUT2D eigenvalue weighted by atomic mass is 9.82. The Labute approximate surface area is 219 Å². The molecule has 0 saturated heterocycles. The molecule has 0 saturated carbocycles. The first-order valence-corrected chi connectivity index (χ1v) is 13.1. The minimum atomic E-state index is 0.00433. The highest BCUT2D eigenvalue weighted by atomic mass is 16.3. The number of rotatable bonds is 8. The first-order chi connectivity index (χ1) is 16.6. The Balaban J connectivity index is 1.78. The van der Waals surface area contributed by atoms with Crippen LogP contribution in [-0.2, 0) is 19.3 Å². The smallest absolute Gasteiger partial charge is 0.116 e. The number of nitrogens with one attached hydrogen (secondary N) is 1. The normalized spacial score (nSPS) is 12.6. The number of nitrogen functional groups attached to an aromatic ring is 1. The van der Waals surface area contributed by atoms with Crippen molar-refractivity contribution >= 4 is 11.4 Å². The van der Waals surface area contributed by atoms with Crippen LogP contribution < -0.4 is 11.1 Å². The molecule has 0 aliphatic carbocycles. The summed E-state index contributed by atoms with van der Waals surface area (Å²) in [7, 11) is 0. The van der Waals surface area contributed by atoms with Gasteiger partial charge in [-0.15, -0.1) is 0 Å². The molecule has 0 amide bonds. The van der Waals surface area contributed by atoms with Gasteiger partial charge in [-0.1, -0.05) is 79.7 Å². The van der Waals surface area contributed by atoms with Gasteiger partial charge in [0.15, 0.2) is 0 Å². The second kappa shape index (κ2) is 10.6. The summed E-state index contributed by atoms with van der Waals surface area (Å²) in [4.78, 5) is 0. The van der Waals surface area contributed by atoms with Crippen molar-refractivity contribution in [2.24, 2.45) is 16.2 Å². The summed E-state index contributed by atoms with van der Waals surface area (Å²) in [5, 5.41) is 14.0. The Morgan fingerprint density at radius 1 is 0.694 bits per heavy atom. The first kappa shape index (κ1) is 27.6. The number of nitrogens with two attached hydrogens (primary N) is 1. The third kappa shape index (κ3) is 8.62. The lowest BCUT2D eigenvalue weighted by Gasteiger charge is -2.27. The van der Waals surface area contributed by atoms with E-state index in [1.165, 1.54) is 16.7 Å². The van der Waals surface area contributed by atoms with Gasteiger partial charge in [0.1, 0.15) is 5.75 Å². The summed E-state index contributed by atoms with van der Waals surface area (Å²) < 4.78 is 0. The molecule has 0 fully saturated rings. The number of phenols is 1. The van der Waals surface area contributed by atoms with E-state index in [2.05, 4.69) is 103 Å². The molecule has 0 aromatic heterocycles. The van der Waals surface area contributed by atoms with Crippen LogP contribution in [0.25, 0.3) is 11.1 Å². The number of hydrogen-bond acceptors (Lipinski definition) is 3. The third-order valence-corrected chi connectivity index (χ3v) is 6.28. The van der Waals surface area contributed by atoms with Crippen LogP contribution in [0.4, 0.5) is 11.4 Å². The number of hydrogen-bond donors (Lipinski definition) is 3. The molecular weight excluding hydrogens is 440 g/mol. The summed E-state index contributed by atoms with van der Waals surface area (Å²) in [6, 6.07) is 20.9. The molecule has 3 aromatic carbocycles. The van der Waals surface area contributed by atoms with Crippen LogP contribution in [0.2, 0.25) is 0 Å². The lowest BCUT2D eigenvalue weighted by molar-refractivity contribution is 0.389. The van der Waals surface area contributed by atoms with Crippen molar-refractivity contribution in [2.75, 3.05) is 17.6 Å². The maximum Gasteiger partial charge on any atom is 0.116 e. The monoisotopic (exact) mass is 486 g/mol. The molecule has 3 nitrogen and oxygen atoms in total. The highest BCUT2D eigenvalue weighted by molar-refractivity contribution is 5.73. The average Bonchev–Trinajstić information content (AvgIpc) is 2.71. The third-order valence-electron chi connectivity index (χ3n) is 6.28. The van der Waals surface area contributed by atoms with Crippen molar-refractivity contribution in [3.8, 4) is 16.9 Å². The zero-order chi connectivity index (χ0) is 26.7. The van der Waals surface area contributed by atoms with E-state index in [0.717, 1.165) is 48.3 Å². The molecule has 0 spiro atoms. The fourth-order valence-electron chi connectivity index (χ4n) is 4.85. The Kier molecular flexibility index (Phi) is 8.13. The fraction of sp³-hybridized carbons (Fsp3) is 0.455. The van der Waals surface area contributed by atoms with Gasteiger partial charge in [0.05, 0.1) is 0 Å². The molecule has 0 radical (unpaired) electrons. The Bertz CT molecular complexity index is 1160. The topological polar surface area (TPSA) is 58.3 Å². The van der Waals surface area contributed by atoms with Crippen LogP contribution in [-0.4, -0.2) is 11.7 Å². The summed E-state index contributed by atoms with van der Waals surface area (Å²) in [5.74, 6) is 0.278. The predicted molar refractivity (Wildman–Crippen MR) is 157 cm³/mol. The standard InChI is InChI=1S/C33H46N2O/c1-31(2,3)19-23-9-12-28(13-10-23)35-22-33(7,8)21-25-11-14-29(36)18-30(25)26-15-24(16-27(34)17-26)20-32(4,5)6/h9-18,35-36H,19-22,34H2,1-8H3. The zero-order valence-electron chi connectivity index (χ0n) is 23.6. The molecule has 0 aliphatic rings. The van der Waals surface area contributed by atoms with E-state index in [1.807, 2.05) is 12.1 Å². The van der Waals surface area contributed by atoms with Gasteiger partial charge in [0.25, 0.3) is 0 Å². The molecule has 194 valence electrons. The largest absolute Gasteiger partial charge is 0.508 e. The minimum Gasteiger partial charge on any atom is -0.508 e. The molecule has 0 bridgehead atoms. The van der Waals surface area contributed by atoms with Crippen LogP contribution in [0.5, 0.6) is 5.75 Å². The maximum atomic E-state index is 10.3. The first-order valence-electron chi connectivity index (χ1n) is 13.1. The molecule has 0 atom stereocenters. The zero-order valence-corrected chi connectivity index (χ0v) is 23.6. The van der Waals surface area contributed by atoms with Crippen molar-refractivity contribution < 1.29 is 5.11 Å². The number of anilines is 2. The van der Waals surface area contributed by atoms with E-state index in [9.17, 15) is 5.11 Å². The van der Waals surface area contributed by atoms with Crippen molar-refractivity contribution in [1.82, 2.24) is 0 Å². The number of aromatic hydroxyl groups is 1. The summed E-state index contributed by atoms with van der Waals surface area (Å²) in [6.07, 6.45) is 2.90. The number of phenolic OH excluding ortho intramolecular Hbond substituents is 1. The fourth-order valence-corrected chi connectivity index (χ4v) is 4.85. The van der Waals surface area contributed by atoms with Crippen LogP contribution >= 0.6 is 0 Å². The molecule has 4 N–H and O–H groups in total. The Morgan fingerprint density at radius 3 is 1.92 bits per heavy atom. The summed E-state index contributed by atoms with van der Waals surface area (Å²) in [6.45, 7) is 19.0. The van der Waals surface area contributed by atoms with Gasteiger partial charge >= 0.3 is 0 Å². The molecule has 36 heavy (non-hydrogen) atoms. The quantitative estimate of drug-likeness (QED) is 0.280. The summed E-state index contributed by atoms with van der Waals surface area (Å²) >= 11 is 0. The molecule has 3 aromatic rings.